The molecule has 0 fully saturated rings. The molecule has 0 unspecified atom stereocenters. The van der Waals surface area contributed by atoms with E-state index < -0.39 is 11.9 Å². The summed E-state index contributed by atoms with van der Waals surface area (Å²) in [4.78, 5) is 20.3. The predicted molar refractivity (Wildman–Crippen MR) is 94.6 cm³/mol. The van der Waals surface area contributed by atoms with Crippen molar-refractivity contribution in [3.63, 3.8) is 0 Å². The van der Waals surface area contributed by atoms with Crippen molar-refractivity contribution >= 4 is 17.5 Å². The zero-order valence-electron chi connectivity index (χ0n) is 14.6. The lowest BCUT2D eigenvalue weighted by molar-refractivity contribution is -0.141. The average molecular weight is 403 g/mol. The van der Waals surface area contributed by atoms with Gasteiger partial charge in [-0.2, -0.15) is 18.2 Å². The van der Waals surface area contributed by atoms with Crippen LogP contribution < -0.4 is 0 Å². The molecule has 7 nitrogen and oxygen atoms in total. The van der Waals surface area contributed by atoms with Gasteiger partial charge in [-0.25, -0.2) is 19.5 Å². The fourth-order valence-electron chi connectivity index (χ4n) is 2.54. The SMILES string of the molecule is Cc1cc(C)n2nc(Sc3cc(C(F)(F)F)nc(-c4ccncc4)n3)nc2n1. The van der Waals surface area contributed by atoms with E-state index in [2.05, 4.69) is 30.0 Å². The van der Waals surface area contributed by atoms with Crippen molar-refractivity contribution in [1.29, 1.82) is 0 Å². The number of rotatable bonds is 3. The van der Waals surface area contributed by atoms with Crippen LogP contribution >= 0.6 is 11.8 Å². The number of fused-ring (bicyclic) bond motifs is 1. The van der Waals surface area contributed by atoms with Crippen molar-refractivity contribution in [2.24, 2.45) is 0 Å². The molecular formula is C17H12F3N7S. The lowest BCUT2D eigenvalue weighted by atomic mass is 10.2. The predicted octanol–water partition coefficient (Wildman–Crippen LogP) is 3.76. The standard InChI is InChI=1S/C17H12F3N7S/c1-9-7-10(2)27-15(22-9)25-16(26-27)28-13-8-12(17(18,19)20)23-14(24-13)11-3-5-21-6-4-11/h3-8H,1-2H3. The second kappa shape index (κ2) is 6.82. The van der Waals surface area contributed by atoms with Crippen LogP contribution in [0.5, 0.6) is 0 Å². The highest BCUT2D eigenvalue weighted by Crippen LogP contribution is 2.33. The molecule has 0 aromatic carbocycles. The van der Waals surface area contributed by atoms with E-state index in [1.165, 1.54) is 16.9 Å². The minimum Gasteiger partial charge on any atom is -0.265 e. The molecule has 0 saturated carbocycles. The van der Waals surface area contributed by atoms with Crippen LogP contribution in [0.1, 0.15) is 17.1 Å². The molecule has 4 heterocycles. The Bertz CT molecular complexity index is 1160. The number of aryl methyl sites for hydroxylation is 2. The van der Waals surface area contributed by atoms with E-state index in [9.17, 15) is 13.2 Å². The van der Waals surface area contributed by atoms with Crippen molar-refractivity contribution in [3.8, 4) is 11.4 Å². The number of hydrogen-bond donors (Lipinski definition) is 0. The number of nitrogens with zero attached hydrogens (tertiary/aromatic N) is 7. The van der Waals surface area contributed by atoms with E-state index in [-0.39, 0.29) is 16.0 Å². The van der Waals surface area contributed by atoms with Gasteiger partial charge in [0, 0.05) is 35.4 Å². The second-order valence-corrected chi connectivity index (χ2v) is 6.88. The van der Waals surface area contributed by atoms with E-state index in [0.29, 0.717) is 11.3 Å². The third-order valence-electron chi connectivity index (χ3n) is 3.73. The first kappa shape index (κ1) is 18.3. The fraction of sp³-hybridized carbons (Fsp3) is 0.176. The molecule has 0 radical (unpaired) electrons. The van der Waals surface area contributed by atoms with E-state index in [0.717, 1.165) is 29.2 Å². The molecule has 28 heavy (non-hydrogen) atoms. The van der Waals surface area contributed by atoms with E-state index in [4.69, 9.17) is 0 Å². The summed E-state index contributed by atoms with van der Waals surface area (Å²) in [6.07, 6.45) is -1.68. The summed E-state index contributed by atoms with van der Waals surface area (Å²) in [5.74, 6) is 0.327. The normalized spacial score (nSPS) is 11.9. The quantitative estimate of drug-likeness (QED) is 0.482. The van der Waals surface area contributed by atoms with Gasteiger partial charge in [-0.15, -0.1) is 5.10 Å². The largest absolute Gasteiger partial charge is 0.433 e. The van der Waals surface area contributed by atoms with Gasteiger partial charge in [0.2, 0.25) is 5.16 Å². The lowest BCUT2D eigenvalue weighted by Gasteiger charge is -2.09. The zero-order chi connectivity index (χ0) is 19.9. The summed E-state index contributed by atoms with van der Waals surface area (Å²) in [5, 5.41) is 4.62. The van der Waals surface area contributed by atoms with Crippen molar-refractivity contribution in [2.75, 3.05) is 0 Å². The highest BCUT2D eigenvalue weighted by Gasteiger charge is 2.34. The Morgan fingerprint density at radius 1 is 0.964 bits per heavy atom. The molecule has 142 valence electrons. The third-order valence-corrected chi connectivity index (χ3v) is 4.50. The maximum absolute atomic E-state index is 13.3. The van der Waals surface area contributed by atoms with Gasteiger partial charge in [-0.3, -0.25) is 4.98 Å². The van der Waals surface area contributed by atoms with Crippen LogP contribution in [0.4, 0.5) is 13.2 Å². The summed E-state index contributed by atoms with van der Waals surface area (Å²) in [6.45, 7) is 3.67. The lowest BCUT2D eigenvalue weighted by Crippen LogP contribution is -2.10. The van der Waals surface area contributed by atoms with Gasteiger partial charge in [0.25, 0.3) is 5.78 Å². The highest BCUT2D eigenvalue weighted by atomic mass is 32.2. The van der Waals surface area contributed by atoms with Crippen LogP contribution in [0, 0.1) is 13.8 Å². The van der Waals surface area contributed by atoms with E-state index in [1.807, 2.05) is 19.9 Å². The smallest absolute Gasteiger partial charge is 0.265 e. The molecule has 4 rings (SSSR count). The molecule has 0 N–H and O–H groups in total. The Morgan fingerprint density at radius 3 is 2.43 bits per heavy atom. The zero-order valence-corrected chi connectivity index (χ0v) is 15.5. The molecule has 0 bridgehead atoms. The molecule has 0 amide bonds. The molecule has 0 aliphatic heterocycles. The molecule has 0 spiro atoms. The molecule has 0 saturated heterocycles. The van der Waals surface area contributed by atoms with Gasteiger partial charge in [0.05, 0.1) is 0 Å². The number of pyridine rings is 1. The monoisotopic (exact) mass is 403 g/mol. The highest BCUT2D eigenvalue weighted by molar-refractivity contribution is 7.99. The van der Waals surface area contributed by atoms with Crippen LogP contribution in [0.15, 0.2) is 46.8 Å². The van der Waals surface area contributed by atoms with Crippen molar-refractivity contribution in [3.05, 3.63) is 53.7 Å². The number of aromatic nitrogens is 7. The van der Waals surface area contributed by atoms with Gasteiger partial charge in [0.15, 0.2) is 5.82 Å². The van der Waals surface area contributed by atoms with Crippen molar-refractivity contribution in [2.45, 2.75) is 30.2 Å². The minimum atomic E-state index is -4.61. The Hall–Kier alpha value is -3.08. The molecule has 11 heteroatoms. The Kier molecular flexibility index (Phi) is 4.46. The molecule has 0 aliphatic carbocycles. The summed E-state index contributed by atoms with van der Waals surface area (Å²) in [6, 6.07) is 5.81. The van der Waals surface area contributed by atoms with Crippen molar-refractivity contribution in [1.82, 2.24) is 34.5 Å². The molecular weight excluding hydrogens is 391 g/mol. The van der Waals surface area contributed by atoms with Gasteiger partial charge < -0.3 is 0 Å². The first-order valence-corrected chi connectivity index (χ1v) is 8.87. The third kappa shape index (κ3) is 3.65. The number of alkyl halides is 3. The first-order valence-electron chi connectivity index (χ1n) is 8.05. The van der Waals surface area contributed by atoms with Crippen molar-refractivity contribution < 1.29 is 13.2 Å². The molecule has 4 aromatic rings. The maximum atomic E-state index is 13.3. The summed E-state index contributed by atoms with van der Waals surface area (Å²) >= 11 is 0.917. The van der Waals surface area contributed by atoms with E-state index >= 15 is 0 Å². The first-order chi connectivity index (χ1) is 13.3. The summed E-state index contributed by atoms with van der Waals surface area (Å²) < 4.78 is 41.5. The van der Waals surface area contributed by atoms with E-state index in [1.54, 1.807) is 12.1 Å². The average Bonchev–Trinajstić information content (AvgIpc) is 3.04. The Balaban J connectivity index is 1.78. The van der Waals surface area contributed by atoms with Crippen LogP contribution in [0.2, 0.25) is 0 Å². The summed E-state index contributed by atoms with van der Waals surface area (Å²) in [5.41, 5.74) is 0.984. The Morgan fingerprint density at radius 2 is 1.71 bits per heavy atom. The molecule has 0 atom stereocenters. The van der Waals surface area contributed by atoms with Gasteiger partial charge in [0.1, 0.15) is 10.7 Å². The molecule has 0 aliphatic rings. The molecule has 4 aromatic heterocycles. The van der Waals surface area contributed by atoms with Crippen LogP contribution in [-0.4, -0.2) is 34.5 Å². The minimum absolute atomic E-state index is 0.0476. The number of halogens is 3. The number of hydrogen-bond acceptors (Lipinski definition) is 7. The van der Waals surface area contributed by atoms with Gasteiger partial charge in [-0.1, -0.05) is 0 Å². The van der Waals surface area contributed by atoms with Gasteiger partial charge in [-0.05, 0) is 43.8 Å². The van der Waals surface area contributed by atoms with Gasteiger partial charge >= 0.3 is 6.18 Å². The Labute approximate surface area is 161 Å². The van der Waals surface area contributed by atoms with Crippen LogP contribution in [0.3, 0.4) is 0 Å². The maximum Gasteiger partial charge on any atom is 0.433 e. The topological polar surface area (TPSA) is 81.8 Å². The van der Waals surface area contributed by atoms with Crippen LogP contribution in [0.25, 0.3) is 17.2 Å². The second-order valence-electron chi connectivity index (χ2n) is 5.90. The van der Waals surface area contributed by atoms with Crippen LogP contribution in [-0.2, 0) is 6.18 Å². The fourth-order valence-corrected chi connectivity index (χ4v) is 3.28. The summed E-state index contributed by atoms with van der Waals surface area (Å²) in [7, 11) is 0.